The Morgan fingerprint density at radius 2 is 1.17 bits per heavy atom. The van der Waals surface area contributed by atoms with Crippen molar-refractivity contribution in [2.24, 2.45) is 0 Å². The monoisotopic (exact) mass is 440 g/mol. The van der Waals surface area contributed by atoms with Crippen LogP contribution in [0.25, 0.3) is 0 Å². The average Bonchev–Trinajstić information content (AvgIpc) is 2.73. The number of hydrogen-bond donors (Lipinski definition) is 0. The lowest BCUT2D eigenvalue weighted by molar-refractivity contribution is -0.140. The van der Waals surface area contributed by atoms with E-state index < -0.39 is 10.1 Å². The van der Waals surface area contributed by atoms with Crippen molar-refractivity contribution in [3.05, 3.63) is 29.8 Å². The zero-order valence-electron chi connectivity index (χ0n) is 18.9. The third kappa shape index (κ3) is 13.0. The van der Waals surface area contributed by atoms with E-state index in [1.807, 2.05) is 6.92 Å². The van der Waals surface area contributed by atoms with Gasteiger partial charge in [-0.15, -0.1) is 0 Å². The zero-order chi connectivity index (χ0) is 22.1. The van der Waals surface area contributed by atoms with Crippen LogP contribution in [0, 0.1) is 6.92 Å². The van der Waals surface area contributed by atoms with Gasteiger partial charge in [0.05, 0.1) is 18.6 Å². The van der Waals surface area contributed by atoms with Crippen LogP contribution in [0.3, 0.4) is 0 Å². The topological polar surface area (TPSA) is 69.7 Å². The summed E-state index contributed by atoms with van der Waals surface area (Å²) >= 11 is 0. The second kappa shape index (κ2) is 16.3. The molecule has 0 fully saturated rings. The largest absolute Gasteiger partial charge is 0.469 e. The van der Waals surface area contributed by atoms with Crippen LogP contribution in [-0.4, -0.2) is 28.1 Å². The molecule has 172 valence electrons. The number of aryl methyl sites for hydroxylation is 1. The van der Waals surface area contributed by atoms with Gasteiger partial charge in [-0.2, -0.15) is 8.42 Å². The van der Waals surface area contributed by atoms with E-state index >= 15 is 0 Å². The number of methoxy groups -OCH3 is 1. The minimum Gasteiger partial charge on any atom is -0.469 e. The standard InChI is InChI=1S/C24H40O5S/c1-22-17-19-23(20-18-22)30(26,27)29-21-15-13-11-9-7-5-3-4-6-8-10-12-14-16-24(25)28-2/h17-20H,3-16,21H2,1-2H3. The van der Waals surface area contributed by atoms with Gasteiger partial charge < -0.3 is 4.74 Å². The Kier molecular flexibility index (Phi) is 14.5. The molecular formula is C24H40O5S. The first-order chi connectivity index (χ1) is 14.5. The second-order valence-corrected chi connectivity index (χ2v) is 9.63. The molecule has 1 rings (SSSR count). The predicted molar refractivity (Wildman–Crippen MR) is 121 cm³/mol. The fourth-order valence-corrected chi connectivity index (χ4v) is 4.30. The average molecular weight is 441 g/mol. The van der Waals surface area contributed by atoms with Gasteiger partial charge in [-0.3, -0.25) is 8.98 Å². The van der Waals surface area contributed by atoms with Crippen molar-refractivity contribution in [3.63, 3.8) is 0 Å². The van der Waals surface area contributed by atoms with E-state index in [4.69, 9.17) is 4.18 Å². The lowest BCUT2D eigenvalue weighted by Gasteiger charge is -2.06. The van der Waals surface area contributed by atoms with E-state index in [2.05, 4.69) is 4.74 Å². The first-order valence-corrected chi connectivity index (χ1v) is 12.9. The fourth-order valence-electron chi connectivity index (χ4n) is 3.36. The summed E-state index contributed by atoms with van der Waals surface area (Å²) in [5, 5.41) is 0. The Morgan fingerprint density at radius 3 is 1.63 bits per heavy atom. The number of rotatable bonds is 18. The van der Waals surface area contributed by atoms with Crippen LogP contribution >= 0.6 is 0 Å². The molecule has 6 heteroatoms. The molecule has 0 aliphatic heterocycles. The number of unbranched alkanes of at least 4 members (excludes halogenated alkanes) is 12. The normalized spacial score (nSPS) is 11.5. The van der Waals surface area contributed by atoms with Crippen LogP contribution in [0.5, 0.6) is 0 Å². The molecule has 0 N–H and O–H groups in total. The molecule has 1 aromatic carbocycles. The second-order valence-electron chi connectivity index (χ2n) is 8.01. The summed E-state index contributed by atoms with van der Waals surface area (Å²) in [5.41, 5.74) is 1.03. The highest BCUT2D eigenvalue weighted by atomic mass is 32.2. The molecule has 30 heavy (non-hydrogen) atoms. The molecule has 0 heterocycles. The zero-order valence-corrected chi connectivity index (χ0v) is 19.7. The molecule has 5 nitrogen and oxygen atoms in total. The molecule has 0 aromatic heterocycles. The molecule has 0 spiro atoms. The van der Waals surface area contributed by atoms with E-state index in [0.717, 1.165) is 37.7 Å². The highest BCUT2D eigenvalue weighted by Crippen LogP contribution is 2.15. The molecule has 0 aliphatic carbocycles. The summed E-state index contributed by atoms with van der Waals surface area (Å²) < 4.78 is 33.9. The Morgan fingerprint density at radius 1 is 0.733 bits per heavy atom. The molecule has 0 unspecified atom stereocenters. The summed E-state index contributed by atoms with van der Waals surface area (Å²) in [7, 11) is -2.18. The quantitative estimate of drug-likeness (QED) is 0.151. The molecule has 0 aliphatic rings. The summed E-state index contributed by atoms with van der Waals surface area (Å²) in [4.78, 5) is 11.2. The van der Waals surface area contributed by atoms with Gasteiger partial charge in [-0.05, 0) is 31.9 Å². The van der Waals surface area contributed by atoms with E-state index in [1.165, 1.54) is 58.5 Å². The minimum absolute atomic E-state index is 0.102. The third-order valence-electron chi connectivity index (χ3n) is 5.30. The SMILES string of the molecule is COC(=O)CCCCCCCCCCCCCCCOS(=O)(=O)c1ccc(C)cc1. The van der Waals surface area contributed by atoms with Gasteiger partial charge in [-0.25, -0.2) is 0 Å². The number of carbonyl (C=O) groups excluding carboxylic acids is 1. The first kappa shape index (κ1) is 26.6. The van der Waals surface area contributed by atoms with Crippen molar-refractivity contribution in [1.29, 1.82) is 0 Å². The molecule has 0 saturated heterocycles. The maximum Gasteiger partial charge on any atom is 0.305 e. The van der Waals surface area contributed by atoms with Crippen molar-refractivity contribution in [1.82, 2.24) is 0 Å². The van der Waals surface area contributed by atoms with Gasteiger partial charge in [0.15, 0.2) is 0 Å². The maximum atomic E-state index is 12.1. The highest BCUT2D eigenvalue weighted by molar-refractivity contribution is 7.86. The van der Waals surface area contributed by atoms with Crippen LogP contribution in [0.15, 0.2) is 29.2 Å². The summed E-state index contributed by atoms with van der Waals surface area (Å²) in [5.74, 6) is -0.102. The Balaban J connectivity index is 1.86. The minimum atomic E-state index is -3.62. The number of hydrogen-bond acceptors (Lipinski definition) is 5. The molecule has 1 aromatic rings. The van der Waals surface area contributed by atoms with E-state index in [9.17, 15) is 13.2 Å². The van der Waals surface area contributed by atoms with Crippen LogP contribution in [0.4, 0.5) is 0 Å². The number of carbonyl (C=O) groups is 1. The van der Waals surface area contributed by atoms with Crippen LogP contribution in [0.2, 0.25) is 0 Å². The van der Waals surface area contributed by atoms with Gasteiger partial charge in [0, 0.05) is 6.42 Å². The third-order valence-corrected chi connectivity index (χ3v) is 6.63. The first-order valence-electron chi connectivity index (χ1n) is 11.5. The van der Waals surface area contributed by atoms with Crippen molar-refractivity contribution in [2.45, 2.75) is 102 Å². The lowest BCUT2D eigenvalue weighted by atomic mass is 10.0. The molecule has 0 radical (unpaired) electrons. The van der Waals surface area contributed by atoms with Gasteiger partial charge in [-0.1, -0.05) is 88.3 Å². The van der Waals surface area contributed by atoms with Gasteiger partial charge in [0.2, 0.25) is 0 Å². The van der Waals surface area contributed by atoms with Gasteiger partial charge in [0.25, 0.3) is 10.1 Å². The summed E-state index contributed by atoms with van der Waals surface area (Å²) in [6.45, 7) is 2.19. The fraction of sp³-hybridized carbons (Fsp3) is 0.708. The molecule has 0 atom stereocenters. The Labute approximate surface area is 183 Å². The molecule has 0 amide bonds. The number of esters is 1. The maximum absolute atomic E-state index is 12.1. The van der Waals surface area contributed by atoms with E-state index in [-0.39, 0.29) is 17.5 Å². The number of ether oxygens (including phenoxy) is 1. The summed E-state index contributed by atoms with van der Waals surface area (Å²) in [6.07, 6.45) is 15.6. The molecule has 0 bridgehead atoms. The highest BCUT2D eigenvalue weighted by Gasteiger charge is 2.14. The molecular weight excluding hydrogens is 400 g/mol. The van der Waals surface area contributed by atoms with Crippen LogP contribution in [-0.2, 0) is 23.8 Å². The Bertz CT molecular complexity index is 667. The van der Waals surface area contributed by atoms with Crippen LogP contribution in [0.1, 0.15) is 95.5 Å². The smallest absolute Gasteiger partial charge is 0.305 e. The van der Waals surface area contributed by atoms with E-state index in [1.54, 1.807) is 24.3 Å². The van der Waals surface area contributed by atoms with Crippen molar-refractivity contribution >= 4 is 16.1 Å². The van der Waals surface area contributed by atoms with E-state index in [0.29, 0.717) is 6.42 Å². The van der Waals surface area contributed by atoms with Crippen LogP contribution < -0.4 is 0 Å². The van der Waals surface area contributed by atoms with Gasteiger partial charge in [0.1, 0.15) is 0 Å². The molecule has 0 saturated carbocycles. The Hall–Kier alpha value is -1.40. The van der Waals surface area contributed by atoms with Crippen molar-refractivity contribution in [3.8, 4) is 0 Å². The lowest BCUT2D eigenvalue weighted by Crippen LogP contribution is -2.07. The van der Waals surface area contributed by atoms with Crippen molar-refractivity contribution in [2.75, 3.05) is 13.7 Å². The number of benzene rings is 1. The summed E-state index contributed by atoms with van der Waals surface area (Å²) in [6, 6.07) is 6.75. The van der Waals surface area contributed by atoms with Gasteiger partial charge >= 0.3 is 5.97 Å². The predicted octanol–water partition coefficient (Wildman–Crippen LogP) is 6.33. The van der Waals surface area contributed by atoms with Crippen molar-refractivity contribution < 1.29 is 22.1 Å².